The average Bonchev–Trinajstić information content (AvgIpc) is 3.15. The summed E-state index contributed by atoms with van der Waals surface area (Å²) in [5, 5.41) is 6.75. The van der Waals surface area contributed by atoms with Crippen molar-refractivity contribution in [1.82, 2.24) is 15.6 Å². The molecule has 2 atom stereocenters. The van der Waals surface area contributed by atoms with Gasteiger partial charge in [0, 0.05) is 36.1 Å². The topological polar surface area (TPSA) is 56.9 Å². The lowest BCUT2D eigenvalue weighted by Gasteiger charge is -2.29. The Kier molecular flexibility index (Phi) is 4.92. The van der Waals surface area contributed by atoms with E-state index in [0.29, 0.717) is 17.6 Å². The van der Waals surface area contributed by atoms with Gasteiger partial charge in [-0.3, -0.25) is 4.79 Å². The summed E-state index contributed by atoms with van der Waals surface area (Å²) in [5.74, 6) is -0.336. The molecule has 128 valence electrons. The lowest BCUT2D eigenvalue weighted by Crippen LogP contribution is -2.48. The highest BCUT2D eigenvalue weighted by molar-refractivity contribution is 6.00. The van der Waals surface area contributed by atoms with Crippen LogP contribution in [0.2, 0.25) is 0 Å². The van der Waals surface area contributed by atoms with Crippen LogP contribution < -0.4 is 10.6 Å². The summed E-state index contributed by atoms with van der Waals surface area (Å²) in [5.41, 5.74) is 2.25. The smallest absolute Gasteiger partial charge is 0.253 e. The highest BCUT2D eigenvalue weighted by Crippen LogP contribution is 2.28. The van der Waals surface area contributed by atoms with Crippen molar-refractivity contribution < 1.29 is 9.18 Å². The number of carbonyl (C=O) groups is 1. The van der Waals surface area contributed by atoms with Crippen molar-refractivity contribution in [3.63, 3.8) is 0 Å². The number of halogens is 2. The maximum Gasteiger partial charge on any atom is 0.253 e. The molecular weight excluding hydrogens is 329 g/mol. The van der Waals surface area contributed by atoms with Crippen LogP contribution in [0.25, 0.3) is 11.1 Å². The van der Waals surface area contributed by atoms with Crippen LogP contribution >= 0.6 is 12.4 Å². The molecule has 6 heteroatoms. The van der Waals surface area contributed by atoms with E-state index >= 15 is 0 Å². The molecule has 0 saturated carbocycles. The van der Waals surface area contributed by atoms with Crippen LogP contribution in [0.4, 0.5) is 4.39 Å². The molecule has 2 fully saturated rings. The summed E-state index contributed by atoms with van der Waals surface area (Å²) in [6.45, 7) is 0. The number of H-pyrrole nitrogens is 1. The van der Waals surface area contributed by atoms with Gasteiger partial charge in [-0.15, -0.1) is 12.4 Å². The number of benzene rings is 1. The third kappa shape index (κ3) is 3.32. The van der Waals surface area contributed by atoms with Gasteiger partial charge in [-0.05, 0) is 43.4 Å². The first kappa shape index (κ1) is 17.0. The maximum atomic E-state index is 13.1. The van der Waals surface area contributed by atoms with E-state index in [1.807, 2.05) is 0 Å². The highest BCUT2D eigenvalue weighted by Gasteiger charge is 2.34. The fourth-order valence-corrected chi connectivity index (χ4v) is 3.86. The van der Waals surface area contributed by atoms with Gasteiger partial charge < -0.3 is 15.6 Å². The van der Waals surface area contributed by atoms with E-state index in [1.54, 1.807) is 24.5 Å². The van der Waals surface area contributed by atoms with E-state index in [-0.39, 0.29) is 30.2 Å². The minimum absolute atomic E-state index is 0. The number of hydrogen-bond acceptors (Lipinski definition) is 2. The standard InChI is InChI=1S/C18H20FN3O.ClH/c19-12-3-1-11(2-4-12)16-9-20-10-17(16)18(23)22-15-7-13-5-6-14(8-15)21-13;/h1-4,9-10,13-15,20-21H,5-8H2,(H,22,23);1H. The Labute approximate surface area is 146 Å². The van der Waals surface area contributed by atoms with Crippen LogP contribution in [0.15, 0.2) is 36.7 Å². The number of nitrogens with one attached hydrogen (secondary N) is 3. The largest absolute Gasteiger partial charge is 0.366 e. The molecular formula is C18H21ClFN3O. The molecule has 4 rings (SSSR count). The van der Waals surface area contributed by atoms with Gasteiger partial charge >= 0.3 is 0 Å². The molecule has 4 nitrogen and oxygen atoms in total. The first-order chi connectivity index (χ1) is 11.2. The van der Waals surface area contributed by atoms with Crippen molar-refractivity contribution >= 4 is 18.3 Å². The molecule has 24 heavy (non-hydrogen) atoms. The molecule has 1 aromatic heterocycles. The number of piperidine rings is 1. The number of amides is 1. The normalized spacial score (nSPS) is 25.1. The predicted octanol–water partition coefficient (Wildman–Crippen LogP) is 3.26. The van der Waals surface area contributed by atoms with E-state index in [2.05, 4.69) is 15.6 Å². The van der Waals surface area contributed by atoms with Crippen LogP contribution in [0.5, 0.6) is 0 Å². The SMILES string of the molecule is Cl.O=C(NC1CC2CCC(C1)N2)c1c[nH]cc1-c1ccc(F)cc1. The van der Waals surface area contributed by atoms with Gasteiger partial charge in [0.25, 0.3) is 5.91 Å². The summed E-state index contributed by atoms with van der Waals surface area (Å²) in [6, 6.07) is 7.53. The van der Waals surface area contributed by atoms with Crippen molar-refractivity contribution in [3.8, 4) is 11.1 Å². The van der Waals surface area contributed by atoms with E-state index < -0.39 is 0 Å². The molecule has 3 N–H and O–H groups in total. The summed E-state index contributed by atoms with van der Waals surface area (Å²) < 4.78 is 13.1. The van der Waals surface area contributed by atoms with Crippen LogP contribution in [0.1, 0.15) is 36.0 Å². The number of carbonyl (C=O) groups excluding carboxylic acids is 1. The lowest BCUT2D eigenvalue weighted by molar-refractivity contribution is 0.0925. The van der Waals surface area contributed by atoms with Crippen molar-refractivity contribution in [2.45, 2.75) is 43.8 Å². The second-order valence-corrected chi connectivity index (χ2v) is 6.57. The molecule has 0 spiro atoms. The Morgan fingerprint density at radius 3 is 2.42 bits per heavy atom. The molecule has 2 aromatic rings. The Bertz CT molecular complexity index is 703. The first-order valence-corrected chi connectivity index (χ1v) is 8.18. The van der Waals surface area contributed by atoms with Crippen molar-refractivity contribution in [2.24, 2.45) is 0 Å². The zero-order chi connectivity index (χ0) is 15.8. The number of fused-ring (bicyclic) bond motifs is 2. The fraction of sp³-hybridized carbons (Fsp3) is 0.389. The molecule has 2 bridgehead atoms. The molecule has 1 aromatic carbocycles. The summed E-state index contributed by atoms with van der Waals surface area (Å²) in [4.78, 5) is 15.6. The number of aromatic nitrogens is 1. The zero-order valence-corrected chi connectivity index (χ0v) is 14.0. The lowest BCUT2D eigenvalue weighted by atomic mass is 9.98. The second-order valence-electron chi connectivity index (χ2n) is 6.57. The van der Waals surface area contributed by atoms with Crippen molar-refractivity contribution in [1.29, 1.82) is 0 Å². The summed E-state index contributed by atoms with van der Waals surface area (Å²) in [6.07, 6.45) is 7.92. The molecule has 2 aliphatic heterocycles. The zero-order valence-electron chi connectivity index (χ0n) is 13.2. The van der Waals surface area contributed by atoms with Gasteiger partial charge in [0.15, 0.2) is 0 Å². The quantitative estimate of drug-likeness (QED) is 0.796. The van der Waals surface area contributed by atoms with E-state index in [0.717, 1.165) is 24.0 Å². The van der Waals surface area contributed by atoms with Crippen molar-refractivity contribution in [3.05, 3.63) is 48.0 Å². The Balaban J connectivity index is 0.00000169. The molecule has 3 heterocycles. The summed E-state index contributed by atoms with van der Waals surface area (Å²) >= 11 is 0. The van der Waals surface area contributed by atoms with Gasteiger partial charge in [0.1, 0.15) is 5.82 Å². The average molecular weight is 350 g/mol. The molecule has 2 aliphatic rings. The van der Waals surface area contributed by atoms with Crippen LogP contribution in [0.3, 0.4) is 0 Å². The van der Waals surface area contributed by atoms with Gasteiger partial charge in [-0.1, -0.05) is 12.1 Å². The molecule has 2 saturated heterocycles. The van der Waals surface area contributed by atoms with Gasteiger partial charge in [-0.25, -0.2) is 4.39 Å². The second kappa shape index (κ2) is 6.95. The minimum atomic E-state index is -0.277. The third-order valence-electron chi connectivity index (χ3n) is 4.95. The molecule has 0 aliphatic carbocycles. The minimum Gasteiger partial charge on any atom is -0.366 e. The Morgan fingerprint density at radius 2 is 1.75 bits per heavy atom. The Hall–Kier alpha value is -1.85. The van der Waals surface area contributed by atoms with Gasteiger partial charge in [0.05, 0.1) is 5.56 Å². The monoisotopic (exact) mass is 349 g/mol. The molecule has 2 unspecified atom stereocenters. The van der Waals surface area contributed by atoms with Crippen LogP contribution in [-0.4, -0.2) is 29.0 Å². The van der Waals surface area contributed by atoms with Crippen LogP contribution in [-0.2, 0) is 0 Å². The highest BCUT2D eigenvalue weighted by atomic mass is 35.5. The van der Waals surface area contributed by atoms with Crippen molar-refractivity contribution in [2.75, 3.05) is 0 Å². The fourth-order valence-electron chi connectivity index (χ4n) is 3.86. The first-order valence-electron chi connectivity index (χ1n) is 8.18. The third-order valence-corrected chi connectivity index (χ3v) is 4.95. The predicted molar refractivity (Wildman–Crippen MR) is 93.9 cm³/mol. The van der Waals surface area contributed by atoms with E-state index in [4.69, 9.17) is 0 Å². The van der Waals surface area contributed by atoms with Gasteiger partial charge in [-0.2, -0.15) is 0 Å². The van der Waals surface area contributed by atoms with E-state index in [1.165, 1.54) is 25.0 Å². The van der Waals surface area contributed by atoms with E-state index in [9.17, 15) is 9.18 Å². The Morgan fingerprint density at radius 1 is 1.08 bits per heavy atom. The molecule has 1 amide bonds. The van der Waals surface area contributed by atoms with Crippen LogP contribution in [0, 0.1) is 5.82 Å². The maximum absolute atomic E-state index is 13.1. The number of hydrogen-bond donors (Lipinski definition) is 3. The van der Waals surface area contributed by atoms with Gasteiger partial charge in [0.2, 0.25) is 0 Å². The number of aromatic amines is 1. The number of rotatable bonds is 3. The summed E-state index contributed by atoms with van der Waals surface area (Å²) in [7, 11) is 0. The molecule has 0 radical (unpaired) electrons.